The van der Waals surface area contributed by atoms with Crippen molar-refractivity contribution in [3.8, 4) is 5.75 Å². The highest BCUT2D eigenvalue weighted by molar-refractivity contribution is 9.12. The third-order valence-electron chi connectivity index (χ3n) is 6.28. The third-order valence-corrected chi connectivity index (χ3v) is 9.49. The summed E-state index contributed by atoms with van der Waals surface area (Å²) < 4.78 is 5.41. The molecule has 0 unspecified atom stereocenters. The predicted octanol–water partition coefficient (Wildman–Crippen LogP) is 4.45. The van der Waals surface area contributed by atoms with E-state index in [-0.39, 0.29) is 51.1 Å². The quantitative estimate of drug-likeness (QED) is 0.186. The number of fused-ring (bicyclic) bond motifs is 5. The molecule has 2 bridgehead atoms. The maximum absolute atomic E-state index is 13.1. The van der Waals surface area contributed by atoms with Gasteiger partial charge in [-0.25, -0.2) is 4.90 Å². The first kappa shape index (κ1) is 20.1. The first-order chi connectivity index (χ1) is 13.4. The largest absolute Gasteiger partial charge is 0.426 e. The second-order valence-corrected chi connectivity index (χ2v) is 10.1. The van der Waals surface area contributed by atoms with Gasteiger partial charge < -0.3 is 4.74 Å². The molecule has 6 atom stereocenters. The molecule has 28 heavy (non-hydrogen) atoms. The number of amides is 2. The van der Waals surface area contributed by atoms with Gasteiger partial charge in [-0.3, -0.25) is 14.4 Å². The summed E-state index contributed by atoms with van der Waals surface area (Å²) in [6, 6.07) is 6.74. The third kappa shape index (κ3) is 3.24. The van der Waals surface area contributed by atoms with Crippen molar-refractivity contribution < 1.29 is 19.1 Å². The molecule has 3 aliphatic rings. The van der Waals surface area contributed by atoms with Crippen LogP contribution in [-0.4, -0.2) is 27.4 Å². The zero-order valence-corrected chi connectivity index (χ0v) is 18.8. The molecule has 1 aromatic rings. The number of benzene rings is 1. The second-order valence-electron chi connectivity index (χ2n) is 7.94. The van der Waals surface area contributed by atoms with Gasteiger partial charge in [-0.2, -0.15) is 0 Å². The van der Waals surface area contributed by atoms with Crippen LogP contribution in [0.3, 0.4) is 0 Å². The molecule has 3 fully saturated rings. The summed E-state index contributed by atoms with van der Waals surface area (Å²) in [4.78, 5) is 39.9. The topological polar surface area (TPSA) is 63.7 Å². The van der Waals surface area contributed by atoms with Crippen LogP contribution in [0.15, 0.2) is 24.3 Å². The summed E-state index contributed by atoms with van der Waals surface area (Å²) in [6.07, 6.45) is 4.09. The Kier molecular flexibility index (Phi) is 5.67. The normalized spacial score (nSPS) is 33.5. The molecule has 2 aliphatic carbocycles. The molecule has 1 heterocycles. The minimum absolute atomic E-state index is 0.127. The van der Waals surface area contributed by atoms with Gasteiger partial charge in [-0.05, 0) is 36.8 Å². The first-order valence-electron chi connectivity index (χ1n) is 9.90. The Labute approximate surface area is 181 Å². The molecule has 4 rings (SSSR count). The molecule has 2 amide bonds. The number of carbonyl (C=O) groups excluding carboxylic acids is 3. The van der Waals surface area contributed by atoms with Gasteiger partial charge in [-0.1, -0.05) is 57.7 Å². The summed E-state index contributed by atoms with van der Waals surface area (Å²) in [5.41, 5.74) is 0.486. The van der Waals surface area contributed by atoms with Gasteiger partial charge >= 0.3 is 5.97 Å². The van der Waals surface area contributed by atoms with Gasteiger partial charge in [0.15, 0.2) is 0 Å². The molecule has 1 saturated heterocycles. The van der Waals surface area contributed by atoms with Crippen LogP contribution < -0.4 is 9.64 Å². The minimum atomic E-state index is -0.288. The van der Waals surface area contributed by atoms with Crippen LogP contribution in [0.5, 0.6) is 5.75 Å². The van der Waals surface area contributed by atoms with Gasteiger partial charge in [0.1, 0.15) is 5.75 Å². The average Bonchev–Trinajstić information content (AvgIpc) is 3.27. The van der Waals surface area contributed by atoms with Crippen LogP contribution in [0.25, 0.3) is 0 Å². The number of alkyl halides is 2. The van der Waals surface area contributed by atoms with Crippen molar-refractivity contribution in [2.24, 2.45) is 23.7 Å². The standard InChI is InChI=1S/C21H23Br2NO4/c1-2-3-4-8-15(25)28-12-7-5-6-11(9-12)24-20(26)16-13-10-14(17(16)21(24)27)19(23)18(13)22/h5-7,9,13-14,16-19H,2-4,8,10H2,1H3/t13-,14-,16-,17-,18-,19+/m0/s1. The molecule has 2 saturated carbocycles. The number of unbranched alkanes of at least 4 members (excludes halogenated alkanes) is 2. The highest BCUT2D eigenvalue weighted by Crippen LogP contribution is 2.60. The minimum Gasteiger partial charge on any atom is -0.426 e. The van der Waals surface area contributed by atoms with Gasteiger partial charge in [-0.15, -0.1) is 0 Å². The van der Waals surface area contributed by atoms with E-state index in [0.29, 0.717) is 17.9 Å². The lowest BCUT2D eigenvalue weighted by atomic mass is 9.81. The maximum atomic E-state index is 13.1. The van der Waals surface area contributed by atoms with Gasteiger partial charge in [0, 0.05) is 22.1 Å². The summed E-state index contributed by atoms with van der Waals surface area (Å²) in [5, 5.41) is 0. The number of halogens is 2. The van der Waals surface area contributed by atoms with Crippen molar-refractivity contribution in [1.29, 1.82) is 0 Å². The molecule has 0 aromatic heterocycles. The van der Waals surface area contributed by atoms with E-state index in [1.54, 1.807) is 24.3 Å². The zero-order chi connectivity index (χ0) is 20.0. The fraction of sp³-hybridized carbons (Fsp3) is 0.571. The molecule has 0 N–H and O–H groups in total. The number of esters is 1. The number of carbonyl (C=O) groups is 3. The Morgan fingerprint density at radius 2 is 1.75 bits per heavy atom. The van der Waals surface area contributed by atoms with E-state index in [4.69, 9.17) is 4.74 Å². The van der Waals surface area contributed by atoms with Crippen molar-refractivity contribution in [2.75, 3.05) is 4.90 Å². The average molecular weight is 513 g/mol. The van der Waals surface area contributed by atoms with Crippen LogP contribution in [0.1, 0.15) is 39.0 Å². The molecule has 150 valence electrons. The van der Waals surface area contributed by atoms with Crippen LogP contribution in [0.2, 0.25) is 0 Å². The summed E-state index contributed by atoms with van der Waals surface area (Å²) >= 11 is 7.40. The van der Waals surface area contributed by atoms with Crippen LogP contribution in [0.4, 0.5) is 5.69 Å². The van der Waals surface area contributed by atoms with E-state index in [2.05, 4.69) is 38.8 Å². The van der Waals surface area contributed by atoms with E-state index < -0.39 is 0 Å². The fourth-order valence-corrected chi connectivity index (χ4v) is 6.86. The molecule has 7 heteroatoms. The Morgan fingerprint density at radius 3 is 2.36 bits per heavy atom. The van der Waals surface area contributed by atoms with Crippen molar-refractivity contribution in [1.82, 2.24) is 0 Å². The lowest BCUT2D eigenvalue weighted by Crippen LogP contribution is -2.37. The summed E-state index contributed by atoms with van der Waals surface area (Å²) in [5.74, 6) is -0.316. The molecule has 1 aromatic carbocycles. The smallest absolute Gasteiger partial charge is 0.311 e. The first-order valence-corrected chi connectivity index (χ1v) is 11.7. The number of nitrogens with zero attached hydrogens (tertiary/aromatic N) is 1. The van der Waals surface area contributed by atoms with Gasteiger partial charge in [0.25, 0.3) is 0 Å². The lowest BCUT2D eigenvalue weighted by Gasteiger charge is -2.28. The Morgan fingerprint density at radius 1 is 1.11 bits per heavy atom. The molecular weight excluding hydrogens is 490 g/mol. The SMILES string of the molecule is CCCCCC(=O)Oc1cccc(N2C(=O)[C@H]3[C@@H]4C[C@H]([C@@H](Br)[C@H]4Br)[C@@H]3C2=O)c1. The second kappa shape index (κ2) is 7.90. The van der Waals surface area contributed by atoms with E-state index in [1.165, 1.54) is 4.90 Å². The van der Waals surface area contributed by atoms with Crippen LogP contribution >= 0.6 is 31.9 Å². The summed E-state index contributed by atoms with van der Waals surface area (Å²) in [7, 11) is 0. The van der Waals surface area contributed by atoms with Crippen molar-refractivity contribution in [3.63, 3.8) is 0 Å². The van der Waals surface area contributed by atoms with E-state index in [9.17, 15) is 14.4 Å². The highest BCUT2D eigenvalue weighted by Gasteiger charge is 2.66. The number of hydrogen-bond donors (Lipinski definition) is 0. The van der Waals surface area contributed by atoms with Crippen LogP contribution in [-0.2, 0) is 14.4 Å². The predicted molar refractivity (Wildman–Crippen MR) is 113 cm³/mol. The van der Waals surface area contributed by atoms with E-state index >= 15 is 0 Å². The Hall–Kier alpha value is -1.21. The summed E-state index contributed by atoms with van der Waals surface area (Å²) in [6.45, 7) is 2.08. The maximum Gasteiger partial charge on any atom is 0.311 e. The number of hydrogen-bond acceptors (Lipinski definition) is 4. The number of rotatable bonds is 6. The monoisotopic (exact) mass is 511 g/mol. The Bertz CT molecular complexity index is 781. The Balaban J connectivity index is 1.52. The number of imide groups is 1. The van der Waals surface area contributed by atoms with Gasteiger partial charge in [0.2, 0.25) is 11.8 Å². The van der Waals surface area contributed by atoms with Crippen molar-refractivity contribution in [3.05, 3.63) is 24.3 Å². The van der Waals surface area contributed by atoms with Crippen LogP contribution in [0, 0.1) is 23.7 Å². The highest BCUT2D eigenvalue weighted by atomic mass is 79.9. The lowest BCUT2D eigenvalue weighted by molar-refractivity contribution is -0.134. The molecule has 0 spiro atoms. The van der Waals surface area contributed by atoms with E-state index in [0.717, 1.165) is 25.7 Å². The fourth-order valence-electron chi connectivity index (χ4n) is 4.99. The molecule has 1 aliphatic heterocycles. The van der Waals surface area contributed by atoms with Crippen molar-refractivity contribution >= 4 is 55.3 Å². The number of anilines is 1. The van der Waals surface area contributed by atoms with E-state index in [1.807, 2.05) is 0 Å². The van der Waals surface area contributed by atoms with Gasteiger partial charge in [0.05, 0.1) is 17.5 Å². The molecular formula is C21H23Br2NO4. The van der Waals surface area contributed by atoms with Crippen molar-refractivity contribution in [2.45, 2.75) is 48.7 Å². The molecule has 5 nitrogen and oxygen atoms in total. The zero-order valence-electron chi connectivity index (χ0n) is 15.6. The molecule has 0 radical (unpaired) electrons. The number of ether oxygens (including phenoxy) is 1.